The van der Waals surface area contributed by atoms with Crippen LogP contribution in [0.5, 0.6) is 0 Å². The van der Waals surface area contributed by atoms with Gasteiger partial charge in [0.1, 0.15) is 0 Å². The van der Waals surface area contributed by atoms with Crippen molar-refractivity contribution < 1.29 is 0 Å². The van der Waals surface area contributed by atoms with Gasteiger partial charge in [0.15, 0.2) is 0 Å². The maximum atomic E-state index is 8.63. The smallest absolute Gasteiger partial charge is 0.0638 e. The summed E-state index contributed by atoms with van der Waals surface area (Å²) in [6.07, 6.45) is 1.82. The van der Waals surface area contributed by atoms with E-state index in [1.165, 1.54) is 6.42 Å². The summed E-state index contributed by atoms with van der Waals surface area (Å²) in [5.74, 6) is 0. The first-order valence-corrected chi connectivity index (χ1v) is 5.13. The van der Waals surface area contributed by atoms with E-state index in [2.05, 4.69) is 30.1 Å². The molecule has 0 saturated carbocycles. The molecule has 3 heteroatoms. The van der Waals surface area contributed by atoms with E-state index in [9.17, 15) is 0 Å². The Bertz CT molecular complexity index is 181. The molecule has 1 rings (SSSR count). The van der Waals surface area contributed by atoms with Crippen LogP contribution >= 0.6 is 0 Å². The fourth-order valence-corrected chi connectivity index (χ4v) is 1.78. The van der Waals surface area contributed by atoms with Crippen LogP contribution in [0.4, 0.5) is 0 Å². The molecule has 74 valence electrons. The van der Waals surface area contributed by atoms with Crippen LogP contribution < -0.4 is 5.32 Å². The lowest BCUT2D eigenvalue weighted by Gasteiger charge is -2.41. The number of nitriles is 1. The molecular formula is C10H19N3. The molecule has 0 radical (unpaired) electrons. The minimum atomic E-state index is 0.414. The van der Waals surface area contributed by atoms with Gasteiger partial charge in [-0.15, -0.1) is 0 Å². The average molecular weight is 181 g/mol. The first kappa shape index (κ1) is 10.5. The van der Waals surface area contributed by atoms with Crippen molar-refractivity contribution in [3.63, 3.8) is 0 Å². The van der Waals surface area contributed by atoms with E-state index in [0.29, 0.717) is 18.5 Å². The van der Waals surface area contributed by atoms with Crippen LogP contribution in [0, 0.1) is 11.3 Å². The molecule has 0 aliphatic carbocycles. The summed E-state index contributed by atoms with van der Waals surface area (Å²) in [6.45, 7) is 7.65. The summed E-state index contributed by atoms with van der Waals surface area (Å²) in [7, 11) is 0. The van der Waals surface area contributed by atoms with E-state index in [1.807, 2.05) is 0 Å². The molecule has 1 aliphatic heterocycles. The minimum Gasteiger partial charge on any atom is -0.314 e. The molecule has 0 aromatic rings. The molecule has 1 atom stereocenters. The molecule has 1 aliphatic rings. The molecule has 1 heterocycles. The van der Waals surface area contributed by atoms with Gasteiger partial charge in [-0.25, -0.2) is 0 Å². The van der Waals surface area contributed by atoms with Crippen molar-refractivity contribution in [3.05, 3.63) is 0 Å². The summed E-state index contributed by atoms with van der Waals surface area (Å²) in [4.78, 5) is 2.46. The van der Waals surface area contributed by atoms with Crippen LogP contribution in [0.3, 0.4) is 0 Å². The zero-order valence-electron chi connectivity index (χ0n) is 8.58. The number of hydrogen-bond acceptors (Lipinski definition) is 3. The molecule has 1 fully saturated rings. The third-order valence-corrected chi connectivity index (χ3v) is 2.66. The summed E-state index contributed by atoms with van der Waals surface area (Å²) in [5.41, 5.74) is 0. The Morgan fingerprint density at radius 2 is 2.31 bits per heavy atom. The number of nitrogens with zero attached hydrogens (tertiary/aromatic N) is 2. The lowest BCUT2D eigenvalue weighted by Crippen LogP contribution is -2.59. The van der Waals surface area contributed by atoms with Crippen LogP contribution in [-0.4, -0.2) is 36.6 Å². The zero-order chi connectivity index (χ0) is 9.68. The van der Waals surface area contributed by atoms with Crippen LogP contribution in [0.2, 0.25) is 0 Å². The SMILES string of the molecule is CCCN(C(C)CC#N)C1CNC1. The quantitative estimate of drug-likeness (QED) is 0.687. The average Bonchev–Trinajstić information content (AvgIpc) is 2.01. The highest BCUT2D eigenvalue weighted by Crippen LogP contribution is 2.12. The molecule has 0 aromatic heterocycles. The van der Waals surface area contributed by atoms with Crippen LogP contribution in [0.25, 0.3) is 0 Å². The van der Waals surface area contributed by atoms with Crippen molar-refractivity contribution in [2.24, 2.45) is 0 Å². The summed E-state index contributed by atoms with van der Waals surface area (Å²) in [5, 5.41) is 11.9. The monoisotopic (exact) mass is 181 g/mol. The molecule has 1 unspecified atom stereocenters. The summed E-state index contributed by atoms with van der Waals surface area (Å²) in [6, 6.07) is 3.33. The van der Waals surface area contributed by atoms with Crippen molar-refractivity contribution in [1.82, 2.24) is 10.2 Å². The van der Waals surface area contributed by atoms with Gasteiger partial charge in [-0.3, -0.25) is 4.90 Å². The number of rotatable bonds is 5. The number of hydrogen-bond donors (Lipinski definition) is 1. The molecule has 13 heavy (non-hydrogen) atoms. The van der Waals surface area contributed by atoms with Crippen molar-refractivity contribution in [2.75, 3.05) is 19.6 Å². The van der Waals surface area contributed by atoms with Crippen molar-refractivity contribution >= 4 is 0 Å². The lowest BCUT2D eigenvalue weighted by atomic mass is 10.1. The van der Waals surface area contributed by atoms with E-state index < -0.39 is 0 Å². The van der Waals surface area contributed by atoms with Crippen LogP contribution in [0.15, 0.2) is 0 Å². The van der Waals surface area contributed by atoms with Crippen LogP contribution in [-0.2, 0) is 0 Å². The second-order valence-corrected chi connectivity index (χ2v) is 3.76. The van der Waals surface area contributed by atoms with Gasteiger partial charge in [0.05, 0.1) is 12.5 Å². The van der Waals surface area contributed by atoms with Crippen molar-refractivity contribution in [3.8, 4) is 6.07 Å². The van der Waals surface area contributed by atoms with Gasteiger partial charge in [0.25, 0.3) is 0 Å². The highest BCUT2D eigenvalue weighted by molar-refractivity contribution is 4.89. The van der Waals surface area contributed by atoms with Gasteiger partial charge < -0.3 is 5.32 Å². The van der Waals surface area contributed by atoms with E-state index in [1.54, 1.807) is 0 Å². The Kier molecular flexibility index (Phi) is 4.20. The first-order valence-electron chi connectivity index (χ1n) is 5.13. The number of nitrogens with one attached hydrogen (secondary N) is 1. The van der Waals surface area contributed by atoms with Gasteiger partial charge in [0.2, 0.25) is 0 Å². The molecule has 3 nitrogen and oxygen atoms in total. The molecule has 0 bridgehead atoms. The standard InChI is InChI=1S/C10H19N3/c1-3-6-13(9(2)4-5-11)10-7-12-8-10/h9-10,12H,3-4,6-8H2,1-2H3. The Balaban J connectivity index is 2.40. The molecule has 1 N–H and O–H groups in total. The normalized spacial score (nSPS) is 19.5. The largest absolute Gasteiger partial charge is 0.314 e. The Labute approximate surface area is 80.7 Å². The van der Waals surface area contributed by atoms with Gasteiger partial charge >= 0.3 is 0 Å². The second-order valence-electron chi connectivity index (χ2n) is 3.76. The fraction of sp³-hybridized carbons (Fsp3) is 0.900. The third-order valence-electron chi connectivity index (χ3n) is 2.66. The highest BCUT2D eigenvalue weighted by Gasteiger charge is 2.27. The molecule has 1 saturated heterocycles. The predicted molar refractivity (Wildman–Crippen MR) is 53.3 cm³/mol. The van der Waals surface area contributed by atoms with Crippen molar-refractivity contribution in [1.29, 1.82) is 5.26 Å². The highest BCUT2D eigenvalue weighted by atomic mass is 15.2. The molecule has 0 amide bonds. The topological polar surface area (TPSA) is 39.1 Å². The Hall–Kier alpha value is -0.590. The maximum absolute atomic E-state index is 8.63. The summed E-state index contributed by atoms with van der Waals surface area (Å²) >= 11 is 0. The fourth-order valence-electron chi connectivity index (χ4n) is 1.78. The summed E-state index contributed by atoms with van der Waals surface area (Å²) < 4.78 is 0. The van der Waals surface area contributed by atoms with E-state index >= 15 is 0 Å². The van der Waals surface area contributed by atoms with E-state index in [-0.39, 0.29) is 0 Å². The van der Waals surface area contributed by atoms with Gasteiger partial charge in [-0.05, 0) is 19.9 Å². The van der Waals surface area contributed by atoms with E-state index in [4.69, 9.17) is 5.26 Å². The third kappa shape index (κ3) is 2.68. The minimum absolute atomic E-state index is 0.414. The Morgan fingerprint density at radius 1 is 1.62 bits per heavy atom. The van der Waals surface area contributed by atoms with Crippen LogP contribution in [0.1, 0.15) is 26.7 Å². The lowest BCUT2D eigenvalue weighted by molar-refractivity contribution is 0.105. The first-order chi connectivity index (χ1) is 6.29. The molecular weight excluding hydrogens is 162 g/mol. The second kappa shape index (κ2) is 5.21. The van der Waals surface area contributed by atoms with E-state index in [0.717, 1.165) is 19.6 Å². The van der Waals surface area contributed by atoms with Crippen molar-refractivity contribution in [2.45, 2.75) is 38.8 Å². The molecule has 0 spiro atoms. The zero-order valence-corrected chi connectivity index (χ0v) is 8.58. The predicted octanol–water partition coefficient (Wildman–Crippen LogP) is 0.972. The van der Waals surface area contributed by atoms with Gasteiger partial charge in [-0.1, -0.05) is 6.92 Å². The maximum Gasteiger partial charge on any atom is 0.0638 e. The molecule has 0 aromatic carbocycles. The Morgan fingerprint density at radius 3 is 2.69 bits per heavy atom. The van der Waals surface area contributed by atoms with Gasteiger partial charge in [-0.2, -0.15) is 5.26 Å². The van der Waals surface area contributed by atoms with Gasteiger partial charge in [0, 0.05) is 25.2 Å².